The van der Waals surface area contributed by atoms with Crippen molar-refractivity contribution in [2.24, 2.45) is 0 Å². The molecular weight excluding hydrogens is 184 g/mol. The van der Waals surface area contributed by atoms with E-state index in [0.717, 1.165) is 13.1 Å². The molecule has 0 fully saturated rings. The first-order valence-corrected chi connectivity index (χ1v) is 5.74. The Bertz CT molecular complexity index is 323. The number of aryl methyl sites for hydroxylation is 1. The van der Waals surface area contributed by atoms with Crippen LogP contribution in [0.3, 0.4) is 0 Å². The van der Waals surface area contributed by atoms with E-state index in [1.54, 1.807) is 0 Å². The fourth-order valence-electron chi connectivity index (χ4n) is 1.60. The Labute approximate surface area is 93.0 Å². The van der Waals surface area contributed by atoms with Crippen LogP contribution in [0.5, 0.6) is 0 Å². The van der Waals surface area contributed by atoms with Crippen molar-refractivity contribution in [1.29, 1.82) is 0 Å². The lowest BCUT2D eigenvalue weighted by Crippen LogP contribution is -2.26. The van der Waals surface area contributed by atoms with E-state index < -0.39 is 0 Å². The maximum absolute atomic E-state index is 3.41. The van der Waals surface area contributed by atoms with Gasteiger partial charge in [-0.3, -0.25) is 0 Å². The van der Waals surface area contributed by atoms with E-state index in [9.17, 15) is 0 Å². The van der Waals surface area contributed by atoms with Gasteiger partial charge in [-0.15, -0.1) is 0 Å². The molecule has 0 aromatic carbocycles. The standard InChI is InChI=1S/C13H22N2/c1-5-14-12(4)11(3)9-13-7-8-15(6-2)10-13/h7-10,12,14H,5-6H2,1-4H3/b11-9+. The lowest BCUT2D eigenvalue weighted by molar-refractivity contribution is 0.636. The minimum absolute atomic E-state index is 0.458. The molecule has 0 radical (unpaired) electrons. The summed E-state index contributed by atoms with van der Waals surface area (Å²) in [6, 6.07) is 2.62. The monoisotopic (exact) mass is 206 g/mol. The van der Waals surface area contributed by atoms with Crippen LogP contribution < -0.4 is 5.32 Å². The molecule has 15 heavy (non-hydrogen) atoms. The van der Waals surface area contributed by atoms with Crippen LogP contribution in [-0.2, 0) is 6.54 Å². The molecule has 0 aliphatic carbocycles. The van der Waals surface area contributed by atoms with Gasteiger partial charge in [-0.05, 0) is 38.9 Å². The van der Waals surface area contributed by atoms with Crippen LogP contribution in [0.25, 0.3) is 6.08 Å². The van der Waals surface area contributed by atoms with Gasteiger partial charge >= 0.3 is 0 Å². The van der Waals surface area contributed by atoms with Crippen molar-refractivity contribution in [3.05, 3.63) is 29.6 Å². The summed E-state index contributed by atoms with van der Waals surface area (Å²) in [5.74, 6) is 0. The van der Waals surface area contributed by atoms with Crippen molar-refractivity contribution in [2.75, 3.05) is 6.54 Å². The summed E-state index contributed by atoms with van der Waals surface area (Å²) >= 11 is 0. The number of hydrogen-bond donors (Lipinski definition) is 1. The molecule has 2 heteroatoms. The highest BCUT2D eigenvalue weighted by Crippen LogP contribution is 2.10. The van der Waals surface area contributed by atoms with Gasteiger partial charge in [-0.2, -0.15) is 0 Å². The van der Waals surface area contributed by atoms with Crippen molar-refractivity contribution < 1.29 is 0 Å². The predicted molar refractivity (Wildman–Crippen MR) is 66.9 cm³/mol. The Hall–Kier alpha value is -1.02. The fraction of sp³-hybridized carbons (Fsp3) is 0.538. The van der Waals surface area contributed by atoms with Gasteiger partial charge in [0.05, 0.1) is 0 Å². The molecule has 1 aromatic rings. The molecule has 1 N–H and O–H groups in total. The molecule has 1 atom stereocenters. The molecule has 0 aliphatic rings. The Morgan fingerprint density at radius 3 is 2.80 bits per heavy atom. The van der Waals surface area contributed by atoms with Crippen LogP contribution in [0.2, 0.25) is 0 Å². The van der Waals surface area contributed by atoms with Gasteiger partial charge in [0.2, 0.25) is 0 Å². The van der Waals surface area contributed by atoms with Crippen molar-refractivity contribution in [2.45, 2.75) is 40.3 Å². The van der Waals surface area contributed by atoms with Crippen LogP contribution in [0.4, 0.5) is 0 Å². The van der Waals surface area contributed by atoms with E-state index >= 15 is 0 Å². The normalized spacial score (nSPS) is 14.3. The molecule has 2 nitrogen and oxygen atoms in total. The van der Waals surface area contributed by atoms with Crippen LogP contribution in [-0.4, -0.2) is 17.2 Å². The van der Waals surface area contributed by atoms with E-state index in [1.807, 2.05) is 0 Å². The molecule has 0 aliphatic heterocycles. The van der Waals surface area contributed by atoms with Gasteiger partial charge in [0.15, 0.2) is 0 Å². The largest absolute Gasteiger partial charge is 0.354 e. The summed E-state index contributed by atoms with van der Waals surface area (Å²) in [7, 11) is 0. The van der Waals surface area contributed by atoms with Gasteiger partial charge in [-0.25, -0.2) is 0 Å². The van der Waals surface area contributed by atoms with Crippen molar-refractivity contribution >= 4 is 6.08 Å². The quantitative estimate of drug-likeness (QED) is 0.784. The highest BCUT2D eigenvalue weighted by molar-refractivity contribution is 5.52. The number of aromatic nitrogens is 1. The van der Waals surface area contributed by atoms with Crippen LogP contribution in [0.15, 0.2) is 24.0 Å². The molecule has 0 saturated heterocycles. The van der Waals surface area contributed by atoms with E-state index in [-0.39, 0.29) is 0 Å². The Balaban J connectivity index is 2.68. The molecule has 0 bridgehead atoms. The highest BCUT2D eigenvalue weighted by Gasteiger charge is 2.02. The second kappa shape index (κ2) is 5.76. The second-order valence-corrected chi connectivity index (χ2v) is 3.94. The first-order chi connectivity index (χ1) is 7.17. The molecular formula is C13H22N2. The topological polar surface area (TPSA) is 17.0 Å². The molecule has 0 saturated carbocycles. The van der Waals surface area contributed by atoms with E-state index in [4.69, 9.17) is 0 Å². The maximum Gasteiger partial charge on any atom is 0.0251 e. The zero-order valence-electron chi connectivity index (χ0n) is 10.2. The third kappa shape index (κ3) is 3.56. The van der Waals surface area contributed by atoms with Crippen molar-refractivity contribution in [3.63, 3.8) is 0 Å². The third-order valence-corrected chi connectivity index (χ3v) is 2.73. The number of rotatable bonds is 5. The molecule has 0 amide bonds. The maximum atomic E-state index is 3.41. The Morgan fingerprint density at radius 2 is 2.27 bits per heavy atom. The average Bonchev–Trinajstić information content (AvgIpc) is 2.66. The van der Waals surface area contributed by atoms with E-state index in [1.165, 1.54) is 11.1 Å². The van der Waals surface area contributed by atoms with Gasteiger partial charge in [0.25, 0.3) is 0 Å². The lowest BCUT2D eigenvalue weighted by Gasteiger charge is -2.12. The zero-order valence-corrected chi connectivity index (χ0v) is 10.2. The summed E-state index contributed by atoms with van der Waals surface area (Å²) in [5, 5.41) is 3.41. The summed E-state index contributed by atoms with van der Waals surface area (Å²) in [5.41, 5.74) is 2.67. The minimum atomic E-state index is 0.458. The Morgan fingerprint density at radius 1 is 1.53 bits per heavy atom. The first kappa shape index (κ1) is 12.1. The number of nitrogens with one attached hydrogen (secondary N) is 1. The van der Waals surface area contributed by atoms with Crippen LogP contribution in [0.1, 0.15) is 33.3 Å². The van der Waals surface area contributed by atoms with Gasteiger partial charge in [-0.1, -0.05) is 18.6 Å². The molecule has 1 rings (SSSR count). The SMILES string of the molecule is CCNC(C)/C(C)=C/c1ccn(CC)c1. The second-order valence-electron chi connectivity index (χ2n) is 3.94. The number of nitrogens with zero attached hydrogens (tertiary/aromatic N) is 1. The zero-order chi connectivity index (χ0) is 11.3. The van der Waals surface area contributed by atoms with Gasteiger partial charge in [0.1, 0.15) is 0 Å². The van der Waals surface area contributed by atoms with Crippen molar-refractivity contribution in [3.8, 4) is 0 Å². The molecule has 1 unspecified atom stereocenters. The summed E-state index contributed by atoms with van der Waals surface area (Å²) in [4.78, 5) is 0. The van der Waals surface area contributed by atoms with Gasteiger partial charge in [0, 0.05) is 25.0 Å². The highest BCUT2D eigenvalue weighted by atomic mass is 14.9. The minimum Gasteiger partial charge on any atom is -0.354 e. The smallest absolute Gasteiger partial charge is 0.0251 e. The van der Waals surface area contributed by atoms with Crippen LogP contribution >= 0.6 is 0 Å². The first-order valence-electron chi connectivity index (χ1n) is 5.74. The van der Waals surface area contributed by atoms with Gasteiger partial charge < -0.3 is 9.88 Å². The van der Waals surface area contributed by atoms with E-state index in [2.05, 4.69) is 62.1 Å². The third-order valence-electron chi connectivity index (χ3n) is 2.73. The molecule has 0 spiro atoms. The van der Waals surface area contributed by atoms with E-state index in [0.29, 0.717) is 6.04 Å². The number of hydrogen-bond acceptors (Lipinski definition) is 1. The average molecular weight is 206 g/mol. The molecule has 1 aromatic heterocycles. The number of likely N-dealkylation sites (N-methyl/N-ethyl adjacent to an activating group) is 1. The van der Waals surface area contributed by atoms with Crippen LogP contribution in [0, 0.1) is 0 Å². The summed E-state index contributed by atoms with van der Waals surface area (Å²) in [6.45, 7) is 10.7. The predicted octanol–water partition coefficient (Wildman–Crippen LogP) is 2.91. The van der Waals surface area contributed by atoms with Crippen molar-refractivity contribution in [1.82, 2.24) is 9.88 Å². The Kier molecular flexibility index (Phi) is 4.63. The molecule has 1 heterocycles. The lowest BCUT2D eigenvalue weighted by atomic mass is 10.1. The fourth-order valence-corrected chi connectivity index (χ4v) is 1.60. The summed E-state index contributed by atoms with van der Waals surface area (Å²) in [6.07, 6.45) is 6.55. The summed E-state index contributed by atoms with van der Waals surface area (Å²) < 4.78 is 2.19. The molecule has 84 valence electrons.